The van der Waals surface area contributed by atoms with Gasteiger partial charge in [0.25, 0.3) is 0 Å². The van der Waals surface area contributed by atoms with Gasteiger partial charge in [0.05, 0.1) is 18.2 Å². The average molecular weight is 288 g/mol. The lowest BCUT2D eigenvalue weighted by atomic mass is 9.87. The summed E-state index contributed by atoms with van der Waals surface area (Å²) in [4.78, 5) is 15.7. The molecule has 1 aromatic rings. The lowest BCUT2D eigenvalue weighted by Crippen LogP contribution is -2.46. The molecule has 21 heavy (non-hydrogen) atoms. The van der Waals surface area contributed by atoms with Crippen molar-refractivity contribution in [3.63, 3.8) is 0 Å². The van der Waals surface area contributed by atoms with E-state index in [2.05, 4.69) is 36.2 Å². The van der Waals surface area contributed by atoms with Gasteiger partial charge in [0.2, 0.25) is 5.91 Å². The van der Waals surface area contributed by atoms with Crippen molar-refractivity contribution in [1.82, 2.24) is 4.90 Å². The third-order valence-electron chi connectivity index (χ3n) is 5.02. The summed E-state index contributed by atoms with van der Waals surface area (Å²) in [6, 6.07) is 10.9. The lowest BCUT2D eigenvalue weighted by molar-refractivity contribution is -0.133. The summed E-state index contributed by atoms with van der Waals surface area (Å²) in [7, 11) is 2.15. The van der Waals surface area contributed by atoms with Crippen LogP contribution in [-0.2, 0) is 9.53 Å². The standard InChI is InChI=1S/C17H24N2O2/c1-14(20)19-10-8-17(9-11-19)12-16(13-21-17)18(2)15-6-4-3-5-7-15/h3-7,16H,8-13H2,1-2H3/t16-/m0/s1. The molecule has 0 N–H and O–H groups in total. The third-order valence-corrected chi connectivity index (χ3v) is 5.02. The predicted octanol–water partition coefficient (Wildman–Crippen LogP) is 2.29. The van der Waals surface area contributed by atoms with Gasteiger partial charge in [-0.3, -0.25) is 4.79 Å². The highest BCUT2D eigenvalue weighted by molar-refractivity contribution is 5.73. The Morgan fingerprint density at radius 2 is 1.95 bits per heavy atom. The first-order valence-corrected chi connectivity index (χ1v) is 7.77. The summed E-state index contributed by atoms with van der Waals surface area (Å²) in [6.45, 7) is 4.10. The molecule has 0 saturated carbocycles. The first-order valence-electron chi connectivity index (χ1n) is 7.77. The number of likely N-dealkylation sites (N-methyl/N-ethyl adjacent to an activating group) is 1. The van der Waals surface area contributed by atoms with Crippen LogP contribution in [0.4, 0.5) is 5.69 Å². The van der Waals surface area contributed by atoms with E-state index < -0.39 is 0 Å². The molecule has 2 saturated heterocycles. The molecule has 0 aliphatic carbocycles. The van der Waals surface area contributed by atoms with Crippen LogP contribution in [-0.4, -0.2) is 49.2 Å². The van der Waals surface area contributed by atoms with Gasteiger partial charge < -0.3 is 14.5 Å². The van der Waals surface area contributed by atoms with E-state index in [-0.39, 0.29) is 11.5 Å². The van der Waals surface area contributed by atoms with Crippen LogP contribution < -0.4 is 4.90 Å². The van der Waals surface area contributed by atoms with E-state index in [1.807, 2.05) is 11.0 Å². The highest BCUT2D eigenvalue weighted by Gasteiger charge is 2.44. The number of piperidine rings is 1. The molecule has 114 valence electrons. The van der Waals surface area contributed by atoms with E-state index >= 15 is 0 Å². The number of hydrogen-bond donors (Lipinski definition) is 0. The Labute approximate surface area is 126 Å². The first-order chi connectivity index (χ1) is 10.1. The molecule has 1 amide bonds. The molecule has 2 fully saturated rings. The van der Waals surface area contributed by atoms with Crippen LogP contribution in [0.5, 0.6) is 0 Å². The van der Waals surface area contributed by atoms with Gasteiger partial charge in [0, 0.05) is 32.7 Å². The smallest absolute Gasteiger partial charge is 0.219 e. The Morgan fingerprint density at radius 1 is 1.29 bits per heavy atom. The first kappa shape index (κ1) is 14.4. The number of hydrogen-bond acceptors (Lipinski definition) is 3. The zero-order valence-electron chi connectivity index (χ0n) is 12.9. The third kappa shape index (κ3) is 2.91. The van der Waals surface area contributed by atoms with Gasteiger partial charge in [-0.2, -0.15) is 0 Å². The number of benzene rings is 1. The Hall–Kier alpha value is -1.55. The van der Waals surface area contributed by atoms with Crippen LogP contribution >= 0.6 is 0 Å². The maximum atomic E-state index is 11.4. The van der Waals surface area contributed by atoms with Gasteiger partial charge >= 0.3 is 0 Å². The number of carbonyl (C=O) groups excluding carboxylic acids is 1. The van der Waals surface area contributed by atoms with Crippen LogP contribution in [0.15, 0.2) is 30.3 Å². The van der Waals surface area contributed by atoms with Gasteiger partial charge in [-0.25, -0.2) is 0 Å². The van der Waals surface area contributed by atoms with Crippen LogP contribution in [0.25, 0.3) is 0 Å². The van der Waals surface area contributed by atoms with Gasteiger partial charge in [0.1, 0.15) is 0 Å². The molecular weight excluding hydrogens is 264 g/mol. The summed E-state index contributed by atoms with van der Waals surface area (Å²) < 4.78 is 6.19. The fraction of sp³-hybridized carbons (Fsp3) is 0.588. The molecule has 0 radical (unpaired) electrons. The molecule has 2 aliphatic rings. The van der Waals surface area contributed by atoms with Crippen LogP contribution in [0, 0.1) is 0 Å². The minimum absolute atomic E-state index is 0.0142. The highest BCUT2D eigenvalue weighted by atomic mass is 16.5. The van der Waals surface area contributed by atoms with Gasteiger partial charge in [-0.05, 0) is 31.4 Å². The molecule has 0 aromatic heterocycles. The van der Waals surface area contributed by atoms with Gasteiger partial charge in [-0.1, -0.05) is 18.2 Å². The van der Waals surface area contributed by atoms with E-state index in [0.717, 1.165) is 39.0 Å². The largest absolute Gasteiger partial charge is 0.373 e. The van der Waals surface area contributed by atoms with E-state index in [1.165, 1.54) is 5.69 Å². The second kappa shape index (κ2) is 5.68. The monoisotopic (exact) mass is 288 g/mol. The molecule has 4 heteroatoms. The van der Waals surface area contributed by atoms with Crippen LogP contribution in [0.3, 0.4) is 0 Å². The van der Waals surface area contributed by atoms with Gasteiger partial charge in [0.15, 0.2) is 0 Å². The van der Waals surface area contributed by atoms with Crippen LogP contribution in [0.2, 0.25) is 0 Å². The number of carbonyl (C=O) groups is 1. The highest BCUT2D eigenvalue weighted by Crippen LogP contribution is 2.38. The normalized spacial score (nSPS) is 24.3. The van der Waals surface area contributed by atoms with E-state index in [0.29, 0.717) is 6.04 Å². The summed E-state index contributed by atoms with van der Waals surface area (Å²) in [5.74, 6) is 0.181. The van der Waals surface area contributed by atoms with Crippen molar-refractivity contribution in [1.29, 1.82) is 0 Å². The second-order valence-electron chi connectivity index (χ2n) is 6.30. The van der Waals surface area contributed by atoms with Gasteiger partial charge in [-0.15, -0.1) is 0 Å². The Balaban J connectivity index is 1.62. The van der Waals surface area contributed by atoms with E-state index in [9.17, 15) is 4.79 Å². The van der Waals surface area contributed by atoms with Crippen molar-refractivity contribution in [3.05, 3.63) is 30.3 Å². The molecule has 2 aliphatic heterocycles. The van der Waals surface area contributed by atoms with Crippen molar-refractivity contribution in [2.24, 2.45) is 0 Å². The minimum Gasteiger partial charge on any atom is -0.373 e. The number of rotatable bonds is 2. The van der Waals surface area contributed by atoms with Crippen molar-refractivity contribution in [2.45, 2.75) is 37.8 Å². The van der Waals surface area contributed by atoms with Crippen molar-refractivity contribution < 1.29 is 9.53 Å². The lowest BCUT2D eigenvalue weighted by Gasteiger charge is -2.38. The number of para-hydroxylation sites is 1. The van der Waals surface area contributed by atoms with Crippen molar-refractivity contribution >= 4 is 11.6 Å². The topological polar surface area (TPSA) is 32.8 Å². The molecule has 2 heterocycles. The fourth-order valence-electron chi connectivity index (χ4n) is 3.52. The molecular formula is C17H24N2O2. The number of likely N-dealkylation sites (tertiary alicyclic amines) is 1. The maximum absolute atomic E-state index is 11.4. The minimum atomic E-state index is -0.0142. The SMILES string of the molecule is CC(=O)N1CCC2(CC1)C[C@H](N(C)c1ccccc1)CO2. The molecule has 1 spiro atoms. The zero-order valence-corrected chi connectivity index (χ0v) is 12.9. The second-order valence-corrected chi connectivity index (χ2v) is 6.30. The quantitative estimate of drug-likeness (QED) is 0.837. The predicted molar refractivity (Wildman–Crippen MR) is 83.4 cm³/mol. The van der Waals surface area contributed by atoms with E-state index in [1.54, 1.807) is 6.92 Å². The molecule has 3 rings (SSSR count). The Bertz CT molecular complexity index is 495. The molecule has 4 nitrogen and oxygen atoms in total. The summed E-state index contributed by atoms with van der Waals surface area (Å²) >= 11 is 0. The van der Waals surface area contributed by atoms with Crippen molar-refractivity contribution in [3.8, 4) is 0 Å². The average Bonchev–Trinajstić information content (AvgIpc) is 2.92. The maximum Gasteiger partial charge on any atom is 0.219 e. The van der Waals surface area contributed by atoms with Crippen molar-refractivity contribution in [2.75, 3.05) is 31.6 Å². The van der Waals surface area contributed by atoms with E-state index in [4.69, 9.17) is 4.74 Å². The summed E-state index contributed by atoms with van der Waals surface area (Å²) in [6.07, 6.45) is 2.99. The number of ether oxygens (including phenoxy) is 1. The number of anilines is 1. The Morgan fingerprint density at radius 3 is 2.57 bits per heavy atom. The Kier molecular flexibility index (Phi) is 3.89. The van der Waals surface area contributed by atoms with Crippen LogP contribution in [0.1, 0.15) is 26.2 Å². The fourth-order valence-corrected chi connectivity index (χ4v) is 3.52. The number of amides is 1. The summed E-state index contributed by atoms with van der Waals surface area (Å²) in [5, 5.41) is 0. The molecule has 0 unspecified atom stereocenters. The summed E-state index contributed by atoms with van der Waals surface area (Å²) in [5.41, 5.74) is 1.23. The molecule has 1 atom stereocenters. The zero-order chi connectivity index (χ0) is 14.9. The molecule has 1 aromatic carbocycles. The number of nitrogens with zero attached hydrogens (tertiary/aromatic N) is 2. The molecule has 0 bridgehead atoms.